The van der Waals surface area contributed by atoms with Gasteiger partial charge in [0.1, 0.15) is 12.4 Å². The van der Waals surface area contributed by atoms with Gasteiger partial charge in [0.25, 0.3) is 0 Å². The molecule has 0 unspecified atom stereocenters. The van der Waals surface area contributed by atoms with Crippen molar-refractivity contribution in [2.45, 2.75) is 39.3 Å². The molecule has 1 atom stereocenters. The molecule has 3 aromatic heterocycles. The maximum absolute atomic E-state index is 5.88. The molecule has 4 aromatic rings. The quantitative estimate of drug-likeness (QED) is 0.321. The predicted molar refractivity (Wildman–Crippen MR) is 140 cm³/mol. The van der Waals surface area contributed by atoms with E-state index in [9.17, 15) is 0 Å². The van der Waals surface area contributed by atoms with Gasteiger partial charge in [0, 0.05) is 30.3 Å². The number of rotatable bonds is 9. The van der Waals surface area contributed by atoms with E-state index in [4.69, 9.17) is 19.0 Å². The highest BCUT2D eigenvalue weighted by Crippen LogP contribution is 2.39. The molecular weight excluding hydrogens is 466 g/mol. The Hall–Kier alpha value is -3.62. The molecule has 0 N–H and O–H groups in total. The number of hydrogen-bond donors (Lipinski definition) is 0. The third-order valence-corrected chi connectivity index (χ3v) is 7.21. The van der Waals surface area contributed by atoms with E-state index in [1.807, 2.05) is 24.3 Å². The van der Waals surface area contributed by atoms with Crippen LogP contribution < -0.4 is 4.74 Å². The molecule has 1 saturated heterocycles. The van der Waals surface area contributed by atoms with Crippen molar-refractivity contribution in [3.05, 3.63) is 89.8 Å². The molecule has 5 rings (SSSR count). The number of benzene rings is 1. The molecule has 37 heavy (non-hydrogen) atoms. The van der Waals surface area contributed by atoms with Gasteiger partial charge in [-0.05, 0) is 42.7 Å². The lowest BCUT2D eigenvalue weighted by Crippen LogP contribution is -2.35. The van der Waals surface area contributed by atoms with Gasteiger partial charge in [-0.1, -0.05) is 49.3 Å². The summed E-state index contributed by atoms with van der Waals surface area (Å²) in [5, 5.41) is 4.21. The Morgan fingerprint density at radius 1 is 1.00 bits per heavy atom. The molecule has 1 aliphatic heterocycles. The second kappa shape index (κ2) is 11.2. The van der Waals surface area contributed by atoms with Gasteiger partial charge in [-0.25, -0.2) is 0 Å². The lowest BCUT2D eigenvalue weighted by molar-refractivity contribution is 0.0297. The second-order valence-electron chi connectivity index (χ2n) is 9.82. The van der Waals surface area contributed by atoms with E-state index in [-0.39, 0.29) is 5.41 Å². The first-order chi connectivity index (χ1) is 18.0. The maximum atomic E-state index is 5.88. The summed E-state index contributed by atoms with van der Waals surface area (Å²) in [6, 6.07) is 18.2. The van der Waals surface area contributed by atoms with Gasteiger partial charge in [0.15, 0.2) is 0 Å². The third-order valence-electron chi connectivity index (χ3n) is 7.21. The molecule has 0 bridgehead atoms. The van der Waals surface area contributed by atoms with Crippen LogP contribution in [-0.2, 0) is 23.3 Å². The summed E-state index contributed by atoms with van der Waals surface area (Å²) < 4.78 is 16.8. The summed E-state index contributed by atoms with van der Waals surface area (Å²) in [6.45, 7) is 11.0. The number of hydrogen-bond acceptors (Lipinski definition) is 8. The summed E-state index contributed by atoms with van der Waals surface area (Å²) in [4.78, 5) is 16.0. The van der Waals surface area contributed by atoms with Crippen molar-refractivity contribution >= 4 is 0 Å². The lowest BCUT2D eigenvalue weighted by Gasteiger charge is -2.34. The van der Waals surface area contributed by atoms with Gasteiger partial charge >= 0.3 is 0 Å². The fourth-order valence-electron chi connectivity index (χ4n) is 4.54. The van der Waals surface area contributed by atoms with E-state index in [0.717, 1.165) is 49.0 Å². The first-order valence-electron chi connectivity index (χ1n) is 12.7. The van der Waals surface area contributed by atoms with Crippen LogP contribution >= 0.6 is 0 Å². The molecule has 0 aliphatic carbocycles. The van der Waals surface area contributed by atoms with Crippen LogP contribution in [-0.4, -0.2) is 51.3 Å². The minimum atomic E-state index is -0.281. The summed E-state index contributed by atoms with van der Waals surface area (Å²) >= 11 is 0. The number of morpholine rings is 1. The molecule has 4 heterocycles. The van der Waals surface area contributed by atoms with Crippen molar-refractivity contribution in [3.63, 3.8) is 0 Å². The summed E-state index contributed by atoms with van der Waals surface area (Å²) in [5.74, 6) is 2.27. The van der Waals surface area contributed by atoms with Crippen LogP contribution in [0.3, 0.4) is 0 Å². The van der Waals surface area contributed by atoms with Crippen LogP contribution in [0.5, 0.6) is 5.75 Å². The predicted octanol–water partition coefficient (Wildman–Crippen LogP) is 4.90. The molecule has 8 heteroatoms. The standard InChI is InChI=1S/C29H33N5O3/c1-21(2)29(3,26-12-11-25(18-31-26)36-20-24-6-4-5-13-30-24)23-9-7-22(8-10-23)28-32-27(37-33-28)19-34-14-16-35-17-15-34/h4-13,18,21H,14-17,19-20H2,1-3H3/t29-/m0/s1. The molecule has 1 fully saturated rings. The molecule has 0 amide bonds. The third kappa shape index (κ3) is 5.70. The average molecular weight is 500 g/mol. The molecule has 1 aromatic carbocycles. The molecular formula is C29H33N5O3. The van der Waals surface area contributed by atoms with Gasteiger partial charge in [-0.3, -0.25) is 14.9 Å². The zero-order chi connectivity index (χ0) is 25.7. The summed E-state index contributed by atoms with van der Waals surface area (Å²) in [5.41, 5.74) is 3.70. The largest absolute Gasteiger partial charge is 0.486 e. The van der Waals surface area contributed by atoms with Crippen molar-refractivity contribution in [3.8, 4) is 17.1 Å². The minimum Gasteiger partial charge on any atom is -0.486 e. The normalized spacial score (nSPS) is 16.0. The van der Waals surface area contributed by atoms with Crippen molar-refractivity contribution in [2.24, 2.45) is 5.92 Å². The van der Waals surface area contributed by atoms with Gasteiger partial charge in [0.2, 0.25) is 11.7 Å². The second-order valence-corrected chi connectivity index (χ2v) is 9.82. The summed E-state index contributed by atoms with van der Waals surface area (Å²) in [7, 11) is 0. The Labute approximate surface area is 217 Å². The zero-order valence-corrected chi connectivity index (χ0v) is 21.6. The van der Waals surface area contributed by atoms with Gasteiger partial charge in [-0.2, -0.15) is 4.98 Å². The van der Waals surface area contributed by atoms with E-state index in [1.165, 1.54) is 5.56 Å². The van der Waals surface area contributed by atoms with Gasteiger partial charge < -0.3 is 14.0 Å². The van der Waals surface area contributed by atoms with Crippen molar-refractivity contribution in [2.75, 3.05) is 26.3 Å². The smallest absolute Gasteiger partial charge is 0.241 e. The van der Waals surface area contributed by atoms with Crippen LogP contribution in [0.15, 0.2) is 71.5 Å². The van der Waals surface area contributed by atoms with E-state index in [2.05, 4.69) is 71.1 Å². The first-order valence-corrected chi connectivity index (χ1v) is 12.7. The Morgan fingerprint density at radius 2 is 1.81 bits per heavy atom. The SMILES string of the molecule is CC(C)[C@@](C)(c1ccc(-c2noc(CN3CCOCC3)n2)cc1)c1ccc(OCc2ccccn2)cn1. The average Bonchev–Trinajstić information content (AvgIpc) is 3.41. The molecule has 8 nitrogen and oxygen atoms in total. The molecule has 0 spiro atoms. The first kappa shape index (κ1) is 25.0. The highest BCUT2D eigenvalue weighted by molar-refractivity contribution is 5.56. The van der Waals surface area contributed by atoms with E-state index in [0.29, 0.717) is 30.8 Å². The Kier molecular flexibility index (Phi) is 7.58. The number of pyridine rings is 2. The fourth-order valence-corrected chi connectivity index (χ4v) is 4.54. The van der Waals surface area contributed by atoms with Gasteiger partial charge in [0.05, 0.1) is 37.3 Å². The molecule has 192 valence electrons. The molecule has 1 aliphatic rings. The van der Waals surface area contributed by atoms with Crippen molar-refractivity contribution in [1.82, 2.24) is 25.0 Å². The zero-order valence-electron chi connectivity index (χ0n) is 21.6. The van der Waals surface area contributed by atoms with E-state index < -0.39 is 0 Å². The van der Waals surface area contributed by atoms with Crippen molar-refractivity contribution < 1.29 is 14.0 Å². The monoisotopic (exact) mass is 499 g/mol. The van der Waals surface area contributed by atoms with Gasteiger partial charge in [-0.15, -0.1) is 0 Å². The Bertz CT molecular complexity index is 1270. The lowest BCUT2D eigenvalue weighted by atomic mass is 9.70. The summed E-state index contributed by atoms with van der Waals surface area (Å²) in [6.07, 6.45) is 3.56. The van der Waals surface area contributed by atoms with Crippen LogP contribution in [0.25, 0.3) is 11.4 Å². The molecule has 0 radical (unpaired) electrons. The van der Waals surface area contributed by atoms with E-state index >= 15 is 0 Å². The highest BCUT2D eigenvalue weighted by atomic mass is 16.5. The molecule has 0 saturated carbocycles. The number of aromatic nitrogens is 4. The Balaban J connectivity index is 1.29. The van der Waals surface area contributed by atoms with Crippen LogP contribution in [0.4, 0.5) is 0 Å². The number of nitrogens with zero attached hydrogens (tertiary/aromatic N) is 5. The van der Waals surface area contributed by atoms with Crippen molar-refractivity contribution in [1.29, 1.82) is 0 Å². The fraction of sp³-hybridized carbons (Fsp3) is 0.379. The van der Waals surface area contributed by atoms with Crippen LogP contribution in [0.1, 0.15) is 43.6 Å². The topological polar surface area (TPSA) is 86.4 Å². The maximum Gasteiger partial charge on any atom is 0.241 e. The Morgan fingerprint density at radius 3 is 2.49 bits per heavy atom. The highest BCUT2D eigenvalue weighted by Gasteiger charge is 2.34. The number of ether oxygens (including phenoxy) is 2. The van der Waals surface area contributed by atoms with Crippen LogP contribution in [0.2, 0.25) is 0 Å². The van der Waals surface area contributed by atoms with Crippen LogP contribution in [0, 0.1) is 5.92 Å². The minimum absolute atomic E-state index is 0.281. The van der Waals surface area contributed by atoms with E-state index in [1.54, 1.807) is 12.4 Å².